The first kappa shape index (κ1) is 18.7. The molecule has 0 radical (unpaired) electrons. The van der Waals surface area contributed by atoms with E-state index >= 15 is 0 Å². The molecular weight excluding hydrogens is 397 g/mol. The van der Waals surface area contributed by atoms with Gasteiger partial charge in [0, 0.05) is 16.7 Å². The van der Waals surface area contributed by atoms with Crippen molar-refractivity contribution in [1.29, 1.82) is 0 Å². The normalized spacial score (nSPS) is 15.5. The molecule has 152 valence electrons. The molecular formula is C23H16FN5O2. The Labute approximate surface area is 176 Å². The number of nitrogens with zero attached hydrogens (tertiary/aromatic N) is 3. The van der Waals surface area contributed by atoms with Crippen LogP contribution in [0.5, 0.6) is 0 Å². The van der Waals surface area contributed by atoms with Crippen LogP contribution in [-0.2, 0) is 4.79 Å². The maximum atomic E-state index is 13.5. The average Bonchev–Trinajstić information content (AvgIpc) is 3.21. The van der Waals surface area contributed by atoms with Crippen molar-refractivity contribution in [3.8, 4) is 11.5 Å². The molecule has 7 nitrogen and oxygen atoms in total. The Morgan fingerprint density at radius 2 is 1.68 bits per heavy atom. The fourth-order valence-corrected chi connectivity index (χ4v) is 3.32. The highest BCUT2D eigenvalue weighted by atomic mass is 19.1. The molecule has 3 aromatic carbocycles. The summed E-state index contributed by atoms with van der Waals surface area (Å²) in [5.74, 6) is -0.654. The molecule has 0 spiro atoms. The van der Waals surface area contributed by atoms with E-state index in [1.807, 2.05) is 54.6 Å². The Morgan fingerprint density at radius 1 is 0.903 bits per heavy atom. The third-order valence-electron chi connectivity index (χ3n) is 4.75. The van der Waals surface area contributed by atoms with Crippen LogP contribution in [0.25, 0.3) is 11.5 Å². The molecule has 4 aromatic rings. The zero-order valence-corrected chi connectivity index (χ0v) is 16.1. The van der Waals surface area contributed by atoms with Crippen molar-refractivity contribution in [3.05, 3.63) is 95.8 Å². The molecule has 1 aliphatic rings. The Morgan fingerprint density at radius 3 is 2.52 bits per heavy atom. The lowest BCUT2D eigenvalue weighted by Crippen LogP contribution is -2.32. The number of benzodiazepines with no additional fused rings is 1. The molecule has 2 heterocycles. The summed E-state index contributed by atoms with van der Waals surface area (Å²) in [6.45, 7) is 0. The first-order chi connectivity index (χ1) is 15.2. The topological polar surface area (TPSA) is 92.4 Å². The number of hydrogen-bond acceptors (Lipinski definition) is 6. The summed E-state index contributed by atoms with van der Waals surface area (Å²) in [5.41, 5.74) is 3.41. The number of amides is 1. The lowest BCUT2D eigenvalue weighted by molar-refractivity contribution is -0.116. The molecule has 0 bridgehead atoms. The average molecular weight is 413 g/mol. The summed E-state index contributed by atoms with van der Waals surface area (Å²) < 4.78 is 19.1. The number of carbonyl (C=O) groups excluding carboxylic acids is 1. The van der Waals surface area contributed by atoms with Gasteiger partial charge in [0.2, 0.25) is 12.1 Å². The van der Waals surface area contributed by atoms with Crippen LogP contribution < -0.4 is 10.6 Å². The van der Waals surface area contributed by atoms with Gasteiger partial charge in [0.25, 0.3) is 5.91 Å². The number of aromatic nitrogens is 2. The second-order valence-electron chi connectivity index (χ2n) is 6.85. The van der Waals surface area contributed by atoms with Crippen LogP contribution >= 0.6 is 0 Å². The van der Waals surface area contributed by atoms with Crippen molar-refractivity contribution in [3.63, 3.8) is 0 Å². The predicted molar refractivity (Wildman–Crippen MR) is 114 cm³/mol. The molecule has 2 N–H and O–H groups in total. The summed E-state index contributed by atoms with van der Waals surface area (Å²) in [6.07, 6.45) is -1.01. The van der Waals surface area contributed by atoms with E-state index in [4.69, 9.17) is 4.42 Å². The molecule has 1 aliphatic heterocycles. The number of carbonyl (C=O) groups is 1. The van der Waals surface area contributed by atoms with Gasteiger partial charge in [0.1, 0.15) is 5.82 Å². The second kappa shape index (κ2) is 7.83. The van der Waals surface area contributed by atoms with Crippen molar-refractivity contribution in [1.82, 2.24) is 10.2 Å². The summed E-state index contributed by atoms with van der Waals surface area (Å²) in [5, 5.41) is 13.6. The van der Waals surface area contributed by atoms with E-state index in [-0.39, 0.29) is 17.8 Å². The Bertz CT molecular complexity index is 1290. The maximum absolute atomic E-state index is 13.5. The third-order valence-corrected chi connectivity index (χ3v) is 4.75. The maximum Gasteiger partial charge on any atom is 0.317 e. The largest absolute Gasteiger partial charge is 0.403 e. The molecule has 1 atom stereocenters. The first-order valence-electron chi connectivity index (χ1n) is 9.57. The standard InChI is InChI=1S/C23H16FN5O2/c24-16-10-6-9-15(13-16)22-28-29-23(31-22)27-20-21(30)25-18-12-5-4-11-17(18)19(26-20)14-7-2-1-3-8-14/h1-13,20H,(H,25,30)(H,27,29). The minimum Gasteiger partial charge on any atom is -0.403 e. The zero-order valence-electron chi connectivity index (χ0n) is 16.1. The smallest absolute Gasteiger partial charge is 0.317 e. The van der Waals surface area contributed by atoms with E-state index in [9.17, 15) is 9.18 Å². The van der Waals surface area contributed by atoms with Gasteiger partial charge in [-0.15, -0.1) is 5.10 Å². The number of nitrogens with one attached hydrogen (secondary N) is 2. The quantitative estimate of drug-likeness (QED) is 0.525. The van der Waals surface area contributed by atoms with E-state index in [2.05, 4.69) is 25.8 Å². The molecule has 0 saturated carbocycles. The number of para-hydroxylation sites is 1. The van der Waals surface area contributed by atoms with E-state index in [1.165, 1.54) is 12.1 Å². The fraction of sp³-hybridized carbons (Fsp3) is 0.0435. The van der Waals surface area contributed by atoms with Gasteiger partial charge in [0.05, 0.1) is 11.4 Å². The van der Waals surface area contributed by atoms with Crippen molar-refractivity contribution in [2.75, 3.05) is 10.6 Å². The number of aliphatic imine (C=N–C) groups is 1. The lowest BCUT2D eigenvalue weighted by Gasteiger charge is -2.11. The van der Waals surface area contributed by atoms with Gasteiger partial charge in [-0.2, -0.15) is 0 Å². The van der Waals surface area contributed by atoms with Gasteiger partial charge >= 0.3 is 6.01 Å². The van der Waals surface area contributed by atoms with Gasteiger partial charge in [-0.3, -0.25) is 4.79 Å². The van der Waals surface area contributed by atoms with Crippen LogP contribution in [0.2, 0.25) is 0 Å². The first-order valence-corrected chi connectivity index (χ1v) is 9.57. The number of rotatable bonds is 4. The second-order valence-corrected chi connectivity index (χ2v) is 6.85. The zero-order chi connectivity index (χ0) is 21.2. The van der Waals surface area contributed by atoms with E-state index in [0.29, 0.717) is 17.0 Å². The van der Waals surface area contributed by atoms with Crippen LogP contribution in [0, 0.1) is 5.82 Å². The van der Waals surface area contributed by atoms with Gasteiger partial charge in [-0.05, 0) is 24.3 Å². The van der Waals surface area contributed by atoms with Crippen LogP contribution in [-0.4, -0.2) is 28.0 Å². The van der Waals surface area contributed by atoms with Crippen LogP contribution in [0.1, 0.15) is 11.1 Å². The minimum atomic E-state index is -1.01. The third kappa shape index (κ3) is 3.78. The molecule has 0 fully saturated rings. The molecule has 1 amide bonds. The summed E-state index contributed by atoms with van der Waals surface area (Å²) >= 11 is 0. The Hall–Kier alpha value is -4.33. The Kier molecular flexibility index (Phi) is 4.72. The highest BCUT2D eigenvalue weighted by Gasteiger charge is 2.27. The highest BCUT2D eigenvalue weighted by Crippen LogP contribution is 2.25. The minimum absolute atomic E-state index is 0.00142. The lowest BCUT2D eigenvalue weighted by atomic mass is 10.0. The number of halogens is 1. The monoisotopic (exact) mass is 413 g/mol. The fourth-order valence-electron chi connectivity index (χ4n) is 3.32. The molecule has 0 aliphatic carbocycles. The number of anilines is 2. The number of benzene rings is 3. The van der Waals surface area contributed by atoms with Gasteiger partial charge in [-0.1, -0.05) is 59.7 Å². The summed E-state index contributed by atoms with van der Waals surface area (Å²) in [7, 11) is 0. The van der Waals surface area contributed by atoms with Gasteiger partial charge < -0.3 is 15.1 Å². The SMILES string of the molecule is O=C1Nc2ccccc2C(c2ccccc2)=NC1Nc1nnc(-c2cccc(F)c2)o1. The van der Waals surface area contributed by atoms with E-state index < -0.39 is 12.0 Å². The van der Waals surface area contributed by atoms with Gasteiger partial charge in [-0.25, -0.2) is 9.38 Å². The summed E-state index contributed by atoms with van der Waals surface area (Å²) in [6, 6.07) is 22.9. The van der Waals surface area contributed by atoms with Gasteiger partial charge in [0.15, 0.2) is 0 Å². The molecule has 1 unspecified atom stereocenters. The Balaban J connectivity index is 1.50. The molecule has 5 rings (SSSR count). The van der Waals surface area contributed by atoms with Crippen molar-refractivity contribution in [2.45, 2.75) is 6.17 Å². The molecule has 31 heavy (non-hydrogen) atoms. The van der Waals surface area contributed by atoms with E-state index in [0.717, 1.165) is 11.1 Å². The van der Waals surface area contributed by atoms with Crippen molar-refractivity contribution < 1.29 is 13.6 Å². The van der Waals surface area contributed by atoms with Crippen molar-refractivity contribution >= 4 is 23.3 Å². The predicted octanol–water partition coefficient (Wildman–Crippen LogP) is 4.10. The molecule has 0 saturated heterocycles. The molecule has 8 heteroatoms. The molecule has 1 aromatic heterocycles. The number of hydrogen-bond donors (Lipinski definition) is 2. The van der Waals surface area contributed by atoms with Crippen molar-refractivity contribution in [2.24, 2.45) is 4.99 Å². The van der Waals surface area contributed by atoms with E-state index in [1.54, 1.807) is 12.1 Å². The number of fused-ring (bicyclic) bond motifs is 1. The van der Waals surface area contributed by atoms with Crippen LogP contribution in [0.15, 0.2) is 88.3 Å². The van der Waals surface area contributed by atoms with Crippen LogP contribution in [0.3, 0.4) is 0 Å². The van der Waals surface area contributed by atoms with Crippen LogP contribution in [0.4, 0.5) is 16.1 Å². The summed E-state index contributed by atoms with van der Waals surface area (Å²) in [4.78, 5) is 17.5. The highest BCUT2D eigenvalue weighted by molar-refractivity contribution is 6.19.